The number of halogens is 1. The second-order valence-corrected chi connectivity index (χ2v) is 6.17. The first-order chi connectivity index (χ1) is 10.9. The summed E-state index contributed by atoms with van der Waals surface area (Å²) in [6.45, 7) is 3.37. The minimum Gasteiger partial charge on any atom is -0.480 e. The highest BCUT2D eigenvalue weighted by Crippen LogP contribution is 2.17. The van der Waals surface area contributed by atoms with E-state index in [0.717, 1.165) is 10.0 Å². The Morgan fingerprint density at radius 3 is 2.65 bits per heavy atom. The van der Waals surface area contributed by atoms with Gasteiger partial charge in [0.05, 0.1) is 12.1 Å². The van der Waals surface area contributed by atoms with Crippen molar-refractivity contribution in [1.82, 2.24) is 10.1 Å². The second kappa shape index (κ2) is 7.41. The number of carboxylic acid groups (broad SMARTS) is 1. The molecule has 2 rings (SSSR count). The maximum atomic E-state index is 12.5. The Bertz CT molecular complexity index is 707. The highest BCUT2D eigenvalue weighted by atomic mass is 79.9. The van der Waals surface area contributed by atoms with Crippen molar-refractivity contribution in [3.63, 3.8) is 0 Å². The van der Waals surface area contributed by atoms with Gasteiger partial charge in [0, 0.05) is 16.6 Å². The number of aliphatic carboxylic acids is 1. The fourth-order valence-electron chi connectivity index (χ4n) is 2.27. The van der Waals surface area contributed by atoms with Gasteiger partial charge in [-0.1, -0.05) is 33.2 Å². The third kappa shape index (κ3) is 4.66. The molecule has 0 atom stereocenters. The van der Waals surface area contributed by atoms with Gasteiger partial charge < -0.3 is 14.5 Å². The Labute approximate surface area is 142 Å². The molecule has 1 amide bonds. The number of hydrogen-bond donors (Lipinski definition) is 1. The van der Waals surface area contributed by atoms with E-state index in [2.05, 4.69) is 21.1 Å². The molecule has 0 aliphatic carbocycles. The molecule has 0 bridgehead atoms. The van der Waals surface area contributed by atoms with Crippen LogP contribution in [0.2, 0.25) is 0 Å². The largest absolute Gasteiger partial charge is 0.480 e. The van der Waals surface area contributed by atoms with Crippen molar-refractivity contribution in [3.8, 4) is 0 Å². The van der Waals surface area contributed by atoms with Gasteiger partial charge in [0.2, 0.25) is 5.91 Å². The van der Waals surface area contributed by atoms with Gasteiger partial charge in [0.1, 0.15) is 12.3 Å². The average Bonchev–Trinajstić information content (AvgIpc) is 2.78. The summed E-state index contributed by atoms with van der Waals surface area (Å²) in [6.07, 6.45) is 0.0719. The lowest BCUT2D eigenvalue weighted by molar-refractivity contribution is -0.144. The predicted octanol–water partition coefficient (Wildman–Crippen LogP) is 2.71. The summed E-state index contributed by atoms with van der Waals surface area (Å²) in [5, 5.41) is 12.9. The molecule has 6 nitrogen and oxygen atoms in total. The average molecular weight is 381 g/mol. The fourth-order valence-corrected chi connectivity index (χ4v) is 2.72. The molecule has 1 aromatic heterocycles. The van der Waals surface area contributed by atoms with E-state index in [1.54, 1.807) is 13.8 Å². The number of amides is 1. The molecule has 0 saturated carbocycles. The van der Waals surface area contributed by atoms with E-state index in [9.17, 15) is 9.59 Å². The molecule has 0 saturated heterocycles. The number of aryl methyl sites for hydroxylation is 2. The molecule has 0 spiro atoms. The summed E-state index contributed by atoms with van der Waals surface area (Å²) in [6, 6.07) is 7.43. The van der Waals surface area contributed by atoms with Gasteiger partial charge in [-0.15, -0.1) is 0 Å². The third-order valence-corrected chi connectivity index (χ3v) is 3.94. The van der Waals surface area contributed by atoms with Crippen molar-refractivity contribution in [2.24, 2.45) is 0 Å². The topological polar surface area (TPSA) is 83.6 Å². The maximum Gasteiger partial charge on any atom is 0.323 e. The van der Waals surface area contributed by atoms with Crippen molar-refractivity contribution in [2.75, 3.05) is 6.54 Å². The number of carboxylic acids is 1. The zero-order chi connectivity index (χ0) is 17.0. The first-order valence-corrected chi connectivity index (χ1v) is 7.82. The Hall–Kier alpha value is -2.15. The number of carbonyl (C=O) groups is 2. The number of hydrogen-bond acceptors (Lipinski definition) is 4. The van der Waals surface area contributed by atoms with Crippen LogP contribution in [0.15, 0.2) is 33.3 Å². The van der Waals surface area contributed by atoms with E-state index in [-0.39, 0.29) is 25.4 Å². The van der Waals surface area contributed by atoms with E-state index in [1.807, 2.05) is 24.3 Å². The van der Waals surface area contributed by atoms with E-state index in [1.165, 1.54) is 4.90 Å². The van der Waals surface area contributed by atoms with Crippen LogP contribution in [0.1, 0.15) is 22.6 Å². The molecule has 0 aliphatic heterocycles. The monoisotopic (exact) mass is 380 g/mol. The highest BCUT2D eigenvalue weighted by Gasteiger charge is 2.21. The van der Waals surface area contributed by atoms with Crippen LogP contribution in [0.5, 0.6) is 0 Å². The summed E-state index contributed by atoms with van der Waals surface area (Å²) in [5.74, 6) is -0.748. The van der Waals surface area contributed by atoms with Gasteiger partial charge in [-0.2, -0.15) is 0 Å². The molecule has 122 valence electrons. The van der Waals surface area contributed by atoms with Crippen LogP contribution >= 0.6 is 15.9 Å². The van der Waals surface area contributed by atoms with Crippen molar-refractivity contribution < 1.29 is 19.2 Å². The maximum absolute atomic E-state index is 12.5. The number of carbonyl (C=O) groups excluding carboxylic acids is 1. The van der Waals surface area contributed by atoms with E-state index in [0.29, 0.717) is 17.0 Å². The standard InChI is InChI=1S/C16H17BrN2O4/c1-10-14(11(2)23-18-10)7-15(20)19(9-16(21)22)8-12-4-3-5-13(17)6-12/h3-6H,7-9H2,1-2H3,(H,21,22). The fraction of sp³-hybridized carbons (Fsp3) is 0.312. The molecule has 0 radical (unpaired) electrons. The van der Waals surface area contributed by atoms with Crippen LogP contribution in [0.25, 0.3) is 0 Å². The summed E-state index contributed by atoms with van der Waals surface area (Å²) < 4.78 is 5.93. The predicted molar refractivity (Wildman–Crippen MR) is 86.9 cm³/mol. The lowest BCUT2D eigenvalue weighted by Gasteiger charge is -2.21. The second-order valence-electron chi connectivity index (χ2n) is 5.25. The normalized spacial score (nSPS) is 10.6. The van der Waals surface area contributed by atoms with Crippen LogP contribution in [-0.2, 0) is 22.6 Å². The van der Waals surface area contributed by atoms with E-state index < -0.39 is 5.97 Å². The lowest BCUT2D eigenvalue weighted by Crippen LogP contribution is -2.36. The molecule has 0 unspecified atom stereocenters. The van der Waals surface area contributed by atoms with Crippen LogP contribution in [-0.4, -0.2) is 33.6 Å². The molecule has 1 aromatic carbocycles. The lowest BCUT2D eigenvalue weighted by atomic mass is 10.1. The van der Waals surface area contributed by atoms with Gasteiger partial charge in [0.15, 0.2) is 0 Å². The molecule has 0 fully saturated rings. The number of benzene rings is 1. The van der Waals surface area contributed by atoms with Crippen molar-refractivity contribution in [3.05, 3.63) is 51.3 Å². The van der Waals surface area contributed by atoms with Crippen LogP contribution in [0, 0.1) is 13.8 Å². The molecule has 7 heteroatoms. The highest BCUT2D eigenvalue weighted by molar-refractivity contribution is 9.10. The zero-order valence-corrected chi connectivity index (χ0v) is 14.5. The molecule has 1 heterocycles. The smallest absolute Gasteiger partial charge is 0.323 e. The van der Waals surface area contributed by atoms with Gasteiger partial charge >= 0.3 is 5.97 Å². The first-order valence-electron chi connectivity index (χ1n) is 7.02. The van der Waals surface area contributed by atoms with Crippen LogP contribution in [0.3, 0.4) is 0 Å². The Morgan fingerprint density at radius 1 is 1.35 bits per heavy atom. The summed E-state index contributed by atoms with van der Waals surface area (Å²) in [5.41, 5.74) is 2.21. The molecular weight excluding hydrogens is 364 g/mol. The summed E-state index contributed by atoms with van der Waals surface area (Å²) in [7, 11) is 0. The molecule has 1 N–H and O–H groups in total. The molecule has 0 aliphatic rings. The zero-order valence-electron chi connectivity index (χ0n) is 12.9. The summed E-state index contributed by atoms with van der Waals surface area (Å²) in [4.78, 5) is 24.9. The molecule has 23 heavy (non-hydrogen) atoms. The van der Waals surface area contributed by atoms with E-state index in [4.69, 9.17) is 9.63 Å². The first kappa shape index (κ1) is 17.2. The number of aromatic nitrogens is 1. The SMILES string of the molecule is Cc1noc(C)c1CC(=O)N(CC(=O)O)Cc1cccc(Br)c1. The minimum absolute atomic E-state index is 0.0719. The van der Waals surface area contributed by atoms with E-state index >= 15 is 0 Å². The summed E-state index contributed by atoms with van der Waals surface area (Å²) >= 11 is 3.37. The van der Waals surface area contributed by atoms with Gasteiger partial charge in [-0.05, 0) is 31.5 Å². The van der Waals surface area contributed by atoms with Gasteiger partial charge in [-0.3, -0.25) is 9.59 Å². The van der Waals surface area contributed by atoms with Crippen LogP contribution in [0.4, 0.5) is 0 Å². The third-order valence-electron chi connectivity index (χ3n) is 3.45. The molecule has 2 aromatic rings. The Kier molecular flexibility index (Phi) is 5.54. The molecular formula is C16H17BrN2O4. The quantitative estimate of drug-likeness (QED) is 0.832. The Morgan fingerprint density at radius 2 is 2.09 bits per heavy atom. The van der Waals surface area contributed by atoms with Crippen molar-refractivity contribution >= 4 is 27.8 Å². The minimum atomic E-state index is -1.05. The van der Waals surface area contributed by atoms with Crippen LogP contribution < -0.4 is 0 Å². The van der Waals surface area contributed by atoms with Crippen molar-refractivity contribution in [1.29, 1.82) is 0 Å². The number of rotatable bonds is 6. The Balaban J connectivity index is 2.17. The van der Waals surface area contributed by atoms with Gasteiger partial charge in [-0.25, -0.2) is 0 Å². The van der Waals surface area contributed by atoms with Gasteiger partial charge in [0.25, 0.3) is 0 Å². The number of nitrogens with zero attached hydrogens (tertiary/aromatic N) is 2. The van der Waals surface area contributed by atoms with Crippen molar-refractivity contribution in [2.45, 2.75) is 26.8 Å².